The molecule has 0 spiro atoms. The topological polar surface area (TPSA) is 48.1 Å². The van der Waals surface area contributed by atoms with Crippen molar-refractivity contribution in [3.05, 3.63) is 65.9 Å². The Kier molecular flexibility index (Phi) is 4.01. The van der Waals surface area contributed by atoms with E-state index >= 15 is 0 Å². The third-order valence-corrected chi connectivity index (χ3v) is 6.34. The summed E-state index contributed by atoms with van der Waals surface area (Å²) in [5.74, 6) is 1.01. The molecule has 2 aliphatic rings. The predicted molar refractivity (Wildman–Crippen MR) is 109 cm³/mol. The Morgan fingerprint density at radius 2 is 2.04 bits per heavy atom. The fourth-order valence-corrected chi connectivity index (χ4v) is 5.20. The summed E-state index contributed by atoms with van der Waals surface area (Å²) in [6, 6.07) is 16.9. The summed E-state index contributed by atoms with van der Waals surface area (Å²) in [5.41, 5.74) is 5.02. The highest BCUT2D eigenvalue weighted by molar-refractivity contribution is 5.91. The fourth-order valence-electron chi connectivity index (χ4n) is 5.20. The summed E-state index contributed by atoms with van der Waals surface area (Å²) in [6.07, 6.45) is 4.94. The first-order valence-corrected chi connectivity index (χ1v) is 9.83. The third kappa shape index (κ3) is 2.94. The maximum absolute atomic E-state index is 12.6. The maximum atomic E-state index is 12.6. The van der Waals surface area contributed by atoms with Crippen LogP contribution in [0.25, 0.3) is 10.9 Å². The molecule has 1 amide bonds. The van der Waals surface area contributed by atoms with Gasteiger partial charge in [-0.3, -0.25) is 4.79 Å². The van der Waals surface area contributed by atoms with Gasteiger partial charge in [0.1, 0.15) is 0 Å². The van der Waals surface area contributed by atoms with Crippen molar-refractivity contribution in [2.75, 3.05) is 18.9 Å². The van der Waals surface area contributed by atoms with Crippen LogP contribution in [0.2, 0.25) is 0 Å². The highest BCUT2D eigenvalue weighted by Crippen LogP contribution is 2.44. The van der Waals surface area contributed by atoms with Gasteiger partial charge in [0.25, 0.3) is 0 Å². The van der Waals surface area contributed by atoms with E-state index in [1.165, 1.54) is 22.0 Å². The van der Waals surface area contributed by atoms with Gasteiger partial charge in [-0.25, -0.2) is 0 Å². The van der Waals surface area contributed by atoms with Crippen molar-refractivity contribution in [3.8, 4) is 0 Å². The largest absolute Gasteiger partial charge is 0.361 e. The molecular formula is C23H25N3O. The Hall–Kier alpha value is -2.59. The van der Waals surface area contributed by atoms with E-state index in [-0.39, 0.29) is 5.91 Å². The highest BCUT2D eigenvalue weighted by atomic mass is 16.1. The van der Waals surface area contributed by atoms with E-state index in [0.717, 1.165) is 25.1 Å². The Morgan fingerprint density at radius 1 is 1.19 bits per heavy atom. The van der Waals surface area contributed by atoms with Crippen LogP contribution in [0.3, 0.4) is 0 Å². The quantitative estimate of drug-likeness (QED) is 0.738. The fraction of sp³-hybridized carbons (Fsp3) is 0.348. The second-order valence-corrected chi connectivity index (χ2v) is 8.12. The molecule has 1 aliphatic carbocycles. The van der Waals surface area contributed by atoms with Crippen LogP contribution in [0, 0.1) is 5.92 Å². The number of nitrogens with one attached hydrogen (secondary N) is 2. The average Bonchev–Trinajstić information content (AvgIpc) is 3.08. The zero-order chi connectivity index (χ0) is 18.4. The lowest BCUT2D eigenvalue weighted by atomic mass is 9.72. The maximum Gasteiger partial charge on any atom is 0.224 e. The number of likely N-dealkylation sites (N-methyl/N-ethyl adjacent to an activating group) is 1. The van der Waals surface area contributed by atoms with Gasteiger partial charge >= 0.3 is 0 Å². The lowest BCUT2D eigenvalue weighted by Crippen LogP contribution is -2.48. The molecule has 5 rings (SSSR count). The molecule has 1 fully saturated rings. The number of piperidine rings is 1. The summed E-state index contributed by atoms with van der Waals surface area (Å²) < 4.78 is 0. The Morgan fingerprint density at radius 3 is 2.89 bits per heavy atom. The number of hydrogen-bond donors (Lipinski definition) is 2. The normalized spacial score (nSPS) is 24.6. The van der Waals surface area contributed by atoms with Gasteiger partial charge in [-0.15, -0.1) is 0 Å². The summed E-state index contributed by atoms with van der Waals surface area (Å²) in [6.45, 7) is 0.985. The Labute approximate surface area is 159 Å². The lowest BCUT2D eigenvalue weighted by molar-refractivity contribution is -0.117. The number of rotatable bonds is 3. The third-order valence-electron chi connectivity index (χ3n) is 6.34. The van der Waals surface area contributed by atoms with E-state index in [1.54, 1.807) is 0 Å². The van der Waals surface area contributed by atoms with Crippen molar-refractivity contribution in [1.29, 1.82) is 0 Å². The van der Waals surface area contributed by atoms with Gasteiger partial charge in [0.2, 0.25) is 5.91 Å². The van der Waals surface area contributed by atoms with E-state index in [0.29, 0.717) is 24.3 Å². The van der Waals surface area contributed by atoms with E-state index in [1.807, 2.05) is 30.3 Å². The average molecular weight is 359 g/mol. The minimum Gasteiger partial charge on any atom is -0.361 e. The first-order valence-electron chi connectivity index (χ1n) is 9.83. The van der Waals surface area contributed by atoms with Crippen molar-refractivity contribution in [1.82, 2.24) is 9.88 Å². The number of amides is 1. The van der Waals surface area contributed by atoms with Crippen LogP contribution < -0.4 is 5.32 Å². The number of fused-ring (bicyclic) bond motifs is 2. The molecule has 2 heterocycles. The van der Waals surface area contributed by atoms with Crippen LogP contribution in [-0.4, -0.2) is 35.4 Å². The van der Waals surface area contributed by atoms with Crippen LogP contribution in [0.4, 0.5) is 5.69 Å². The second kappa shape index (κ2) is 6.54. The van der Waals surface area contributed by atoms with Crippen molar-refractivity contribution in [2.45, 2.75) is 31.2 Å². The standard InChI is InChI=1S/C23H25N3O/c1-26-14-15(11-22(27)25-17-6-3-2-4-7-17)10-19-18-8-5-9-20-23(18)16(13-24-20)12-21(19)26/h2-9,13,15,19,21,24H,10-12,14H2,1H3,(H,25,27)/t15?,19-,21-/m0/s1. The van der Waals surface area contributed by atoms with Gasteiger partial charge < -0.3 is 15.2 Å². The number of likely N-dealkylation sites (tertiary alicyclic amines) is 1. The molecule has 2 N–H and O–H groups in total. The highest BCUT2D eigenvalue weighted by Gasteiger charge is 2.39. The van der Waals surface area contributed by atoms with E-state index in [4.69, 9.17) is 0 Å². The van der Waals surface area contributed by atoms with Crippen molar-refractivity contribution in [2.24, 2.45) is 5.92 Å². The number of para-hydroxylation sites is 1. The van der Waals surface area contributed by atoms with Crippen LogP contribution in [-0.2, 0) is 11.2 Å². The molecule has 2 aromatic carbocycles. The summed E-state index contributed by atoms with van der Waals surface area (Å²) in [4.78, 5) is 18.5. The van der Waals surface area contributed by atoms with Gasteiger partial charge in [0.05, 0.1) is 0 Å². The second-order valence-electron chi connectivity index (χ2n) is 8.12. The van der Waals surface area contributed by atoms with Crippen LogP contribution >= 0.6 is 0 Å². The molecule has 0 radical (unpaired) electrons. The number of benzene rings is 2. The van der Waals surface area contributed by atoms with Gasteiger partial charge in [0.15, 0.2) is 0 Å². The number of anilines is 1. The predicted octanol–water partition coefficient (Wildman–Crippen LogP) is 4.16. The number of nitrogens with zero attached hydrogens (tertiary/aromatic N) is 1. The zero-order valence-corrected chi connectivity index (χ0v) is 15.6. The molecule has 1 unspecified atom stereocenters. The molecule has 3 aromatic rings. The molecular weight excluding hydrogens is 334 g/mol. The van der Waals surface area contributed by atoms with E-state index in [9.17, 15) is 4.79 Å². The first-order chi connectivity index (χ1) is 13.2. The summed E-state index contributed by atoms with van der Waals surface area (Å²) >= 11 is 0. The number of aromatic amines is 1. The van der Waals surface area contributed by atoms with Crippen molar-refractivity contribution in [3.63, 3.8) is 0 Å². The summed E-state index contributed by atoms with van der Waals surface area (Å²) in [5, 5.41) is 4.46. The van der Waals surface area contributed by atoms with Gasteiger partial charge in [-0.05, 0) is 55.1 Å². The van der Waals surface area contributed by atoms with Crippen LogP contribution in [0.1, 0.15) is 29.9 Å². The number of H-pyrrole nitrogens is 1. The smallest absolute Gasteiger partial charge is 0.224 e. The minimum atomic E-state index is 0.120. The molecule has 1 saturated heterocycles. The minimum absolute atomic E-state index is 0.120. The molecule has 138 valence electrons. The van der Waals surface area contributed by atoms with Gasteiger partial charge in [-0.2, -0.15) is 0 Å². The van der Waals surface area contributed by atoms with Crippen molar-refractivity contribution >= 4 is 22.5 Å². The monoisotopic (exact) mass is 359 g/mol. The molecule has 1 aliphatic heterocycles. The molecule has 4 nitrogen and oxygen atoms in total. The molecule has 0 bridgehead atoms. The molecule has 1 aromatic heterocycles. The zero-order valence-electron chi connectivity index (χ0n) is 15.6. The lowest BCUT2D eigenvalue weighted by Gasteiger charge is -2.45. The molecule has 27 heavy (non-hydrogen) atoms. The first kappa shape index (κ1) is 16.6. The number of aromatic nitrogens is 1. The van der Waals surface area contributed by atoms with Crippen LogP contribution in [0.5, 0.6) is 0 Å². The number of hydrogen-bond acceptors (Lipinski definition) is 2. The SMILES string of the molecule is CN1CC(CC(=O)Nc2ccccc2)C[C@H]2c3cccc4[nH]cc(c34)C[C@@H]21. The van der Waals surface area contributed by atoms with Gasteiger partial charge in [0, 0.05) is 47.7 Å². The number of carbonyl (C=O) groups is 1. The van der Waals surface area contributed by atoms with Crippen molar-refractivity contribution < 1.29 is 4.79 Å². The van der Waals surface area contributed by atoms with Crippen LogP contribution in [0.15, 0.2) is 54.7 Å². The number of carbonyl (C=O) groups excluding carboxylic acids is 1. The summed E-state index contributed by atoms with van der Waals surface area (Å²) in [7, 11) is 2.22. The van der Waals surface area contributed by atoms with Gasteiger partial charge in [-0.1, -0.05) is 30.3 Å². The Bertz CT molecular complexity index is 978. The Balaban J connectivity index is 1.36. The van der Waals surface area contributed by atoms with E-state index < -0.39 is 0 Å². The van der Waals surface area contributed by atoms with E-state index in [2.05, 4.69) is 46.6 Å². The molecule has 4 heteroatoms. The molecule has 0 saturated carbocycles. The molecule has 3 atom stereocenters.